The van der Waals surface area contributed by atoms with Crippen molar-refractivity contribution >= 4 is 152 Å². The minimum atomic E-state index is -1.47. The van der Waals surface area contributed by atoms with Gasteiger partial charge in [-0.05, 0) is 82.4 Å². The SMILES string of the molecule is CN(C)CCCNC(=O)CCNC(=O)c1cc(NC(=O)c2cc(NC(=O)c3nc(NC(=O)[C@@H](CCNC(=O)c4cc(NC(=O)c5nc(NC(=O)c6nccn6C)cn5C)cn4C)NC(=O)c4cn(CCNC(=O)c5cc(NC(=O)c6cc(NC(=O)c7cc(NC(=O)[C@H](N)CCNC(=O)c8nc(NC(=O)c9cc(NC(=O)c%10nccn%10C)cn9C)cn8C)cn7C)cn6C)cn5C)nn4)cn3C)cn2C)cn1C. The van der Waals surface area contributed by atoms with Gasteiger partial charge >= 0.3 is 0 Å². The van der Waals surface area contributed by atoms with Crippen molar-refractivity contribution in [2.45, 2.75) is 44.3 Å². The number of amides is 16. The number of aromatic nitrogens is 20. The lowest BCUT2D eigenvalue weighted by molar-refractivity contribution is -0.121. The van der Waals surface area contributed by atoms with Crippen molar-refractivity contribution in [2.75, 3.05) is 107 Å². The highest BCUT2D eigenvalue weighted by Crippen LogP contribution is 2.26. The molecule has 0 aliphatic carbocycles. The molecule has 0 saturated carbocycles. The summed E-state index contributed by atoms with van der Waals surface area (Å²) in [6.45, 7) is 0.975. The molecule has 13 rings (SSSR count). The molecule has 0 aliphatic rings. The predicted molar refractivity (Wildman–Crippen MR) is 513 cm³/mol. The Bertz CT molecular complexity index is 7050. The van der Waals surface area contributed by atoms with Gasteiger partial charge in [-0.15, -0.1) is 5.10 Å². The maximum atomic E-state index is 14.5. The Morgan fingerprint density at radius 2 is 0.662 bits per heavy atom. The van der Waals surface area contributed by atoms with E-state index in [1.54, 1.807) is 101 Å². The summed E-state index contributed by atoms with van der Waals surface area (Å²) in [5.41, 5.74) is 8.54. The Balaban J connectivity index is 0.580. The number of nitrogens with one attached hydrogen (secondary N) is 16. The zero-order valence-electron chi connectivity index (χ0n) is 79.6. The Hall–Kier alpha value is -18.4. The van der Waals surface area contributed by atoms with Gasteiger partial charge in [-0.25, -0.2) is 29.6 Å². The molecule has 0 aromatic carbocycles. The summed E-state index contributed by atoms with van der Waals surface area (Å²) in [5.74, 6) is -9.88. The normalized spacial score (nSPS) is 11.5. The molecule has 0 aliphatic heterocycles. The molecule has 2 atom stereocenters. The van der Waals surface area contributed by atoms with Crippen LogP contribution in [0, 0.1) is 0 Å². The van der Waals surface area contributed by atoms with Crippen molar-refractivity contribution in [3.63, 3.8) is 0 Å². The summed E-state index contributed by atoms with van der Waals surface area (Å²) in [5, 5.41) is 51.3. The van der Waals surface area contributed by atoms with Crippen LogP contribution in [-0.4, -0.2) is 260 Å². The van der Waals surface area contributed by atoms with E-state index in [9.17, 15) is 76.7 Å². The third-order valence-electron chi connectivity index (χ3n) is 22.1. The second-order valence-electron chi connectivity index (χ2n) is 33.4. The third-order valence-corrected chi connectivity index (χ3v) is 22.1. The molecule has 13 heterocycles. The van der Waals surface area contributed by atoms with E-state index >= 15 is 0 Å². The quantitative estimate of drug-likeness (QED) is 0.0233. The van der Waals surface area contributed by atoms with Crippen LogP contribution in [0.25, 0.3) is 0 Å². The number of nitrogens with two attached hydrogens (primary N) is 1. The van der Waals surface area contributed by atoms with Gasteiger partial charge < -0.3 is 151 Å². The molecule has 16 amide bonds. The van der Waals surface area contributed by atoms with Crippen LogP contribution in [0.2, 0.25) is 0 Å². The molecule has 142 heavy (non-hydrogen) atoms. The summed E-state index contributed by atoms with van der Waals surface area (Å²) in [6, 6.07) is 7.42. The van der Waals surface area contributed by atoms with Crippen LogP contribution in [0.4, 0.5) is 57.3 Å². The number of hydrogen-bond donors (Lipinski definition) is 17. The average Bonchev–Trinajstić information content (AvgIpc) is 1.68. The zero-order valence-corrected chi connectivity index (χ0v) is 79.6. The van der Waals surface area contributed by atoms with Crippen molar-refractivity contribution in [3.05, 3.63) is 210 Å². The van der Waals surface area contributed by atoms with E-state index in [0.29, 0.717) is 12.2 Å². The summed E-state index contributed by atoms with van der Waals surface area (Å²) in [6.07, 6.45) is 22.7. The summed E-state index contributed by atoms with van der Waals surface area (Å²) in [4.78, 5) is 239. The van der Waals surface area contributed by atoms with Gasteiger partial charge in [0.25, 0.3) is 76.8 Å². The topological polar surface area (TPSA) is 649 Å². The predicted octanol–water partition coefficient (Wildman–Crippen LogP) is 0.594. The molecular formula is C88H106N38O16. The lowest BCUT2D eigenvalue weighted by atomic mass is 10.1. The van der Waals surface area contributed by atoms with Crippen molar-refractivity contribution in [1.29, 1.82) is 0 Å². The zero-order chi connectivity index (χ0) is 102. The van der Waals surface area contributed by atoms with Crippen molar-refractivity contribution in [3.8, 4) is 0 Å². The number of hydrogen-bond acceptors (Lipinski definition) is 25. The Labute approximate surface area is 807 Å². The van der Waals surface area contributed by atoms with Crippen LogP contribution < -0.4 is 90.8 Å². The van der Waals surface area contributed by atoms with E-state index < -0.39 is 101 Å². The van der Waals surface area contributed by atoms with E-state index in [4.69, 9.17) is 5.73 Å². The van der Waals surface area contributed by atoms with Gasteiger partial charge in [-0.1, -0.05) is 5.21 Å². The minimum absolute atomic E-state index is 0.0121. The molecule has 0 fully saturated rings. The highest BCUT2D eigenvalue weighted by molar-refractivity contribution is 6.12. The largest absolute Gasteiger partial charge is 0.356 e. The first-order valence-corrected chi connectivity index (χ1v) is 43.9. The number of anilines is 10. The van der Waals surface area contributed by atoms with Gasteiger partial charge in [0, 0.05) is 210 Å². The van der Waals surface area contributed by atoms with Crippen LogP contribution >= 0.6 is 0 Å². The van der Waals surface area contributed by atoms with Crippen LogP contribution in [0.15, 0.2) is 135 Å². The smallest absolute Gasteiger partial charge is 0.292 e. The Kier molecular flexibility index (Phi) is 31.4. The Morgan fingerprint density at radius 3 is 1.07 bits per heavy atom. The van der Waals surface area contributed by atoms with Gasteiger partial charge in [0.05, 0.1) is 58.6 Å². The molecule has 54 heteroatoms. The number of carbonyl (C=O) groups excluding carboxylic acids is 16. The van der Waals surface area contributed by atoms with E-state index in [1.807, 2.05) is 19.0 Å². The van der Waals surface area contributed by atoms with E-state index in [-0.39, 0.29) is 184 Å². The summed E-state index contributed by atoms with van der Waals surface area (Å²) in [7, 11) is 22.8. The molecule has 0 spiro atoms. The van der Waals surface area contributed by atoms with Crippen LogP contribution in [-0.2, 0) is 106 Å². The molecule has 13 aromatic heterocycles. The molecule has 0 unspecified atom stereocenters. The first kappa shape index (κ1) is 101. The van der Waals surface area contributed by atoms with Gasteiger partial charge in [0.15, 0.2) is 34.8 Å². The average molecular weight is 1950 g/mol. The fraction of sp³-hybridized carbons (Fsp3) is 0.307. The van der Waals surface area contributed by atoms with Crippen molar-refractivity contribution < 1.29 is 76.7 Å². The van der Waals surface area contributed by atoms with Crippen molar-refractivity contribution in [1.82, 2.24) is 132 Å². The van der Waals surface area contributed by atoms with Gasteiger partial charge in [-0.3, -0.25) is 76.7 Å². The molecule has 0 saturated heterocycles. The van der Waals surface area contributed by atoms with E-state index in [1.165, 1.54) is 179 Å². The fourth-order valence-corrected chi connectivity index (χ4v) is 14.8. The van der Waals surface area contributed by atoms with Crippen molar-refractivity contribution in [2.24, 2.45) is 90.3 Å². The van der Waals surface area contributed by atoms with Crippen LogP contribution in [0.3, 0.4) is 0 Å². The van der Waals surface area contributed by atoms with Gasteiger partial charge in [-0.2, -0.15) is 0 Å². The number of rotatable bonds is 42. The van der Waals surface area contributed by atoms with E-state index in [2.05, 4.69) is 120 Å². The number of carbonyl (C=O) groups is 16. The number of nitrogens with zero attached hydrogens (tertiary/aromatic N) is 21. The van der Waals surface area contributed by atoms with Crippen LogP contribution in [0.5, 0.6) is 0 Å². The lowest BCUT2D eigenvalue weighted by Gasteiger charge is -2.17. The number of imidazole rings is 5. The second-order valence-corrected chi connectivity index (χ2v) is 33.4. The number of aryl methyl sites for hydroxylation is 12. The fourth-order valence-electron chi connectivity index (χ4n) is 14.8. The minimum Gasteiger partial charge on any atom is -0.356 e. The molecular weight excluding hydrogens is 1850 g/mol. The van der Waals surface area contributed by atoms with E-state index in [0.717, 1.165) is 13.0 Å². The van der Waals surface area contributed by atoms with Crippen LogP contribution in [0.1, 0.15) is 163 Å². The lowest BCUT2D eigenvalue weighted by Crippen LogP contribution is -2.46. The molecule has 54 nitrogen and oxygen atoms in total. The first-order chi connectivity index (χ1) is 67.6. The van der Waals surface area contributed by atoms with Gasteiger partial charge in [0.1, 0.15) is 45.9 Å². The summed E-state index contributed by atoms with van der Waals surface area (Å²) >= 11 is 0. The molecule has 13 aromatic rings. The standard InChI is InChI=1S/C88H106N38O16/c1-113(2)26-15-19-90-68(127)18-22-94-78(132)58-30-49(38-116(58)5)98-82(136)63-35-54(43-121(63)10)103-87(141)72-106-65(45-124(72)13)108-75(129)56(17-21-93-77(131)59-32-52(41-118(59)7)102-88(142)73-107-67(47-125(73)14)110-86(140)70-92-24-28-115(70)4)104-76(130)57-44-126(112-111-57)29-25-96-79(133)60-31-50(39-117(60)6)99-81(135)62-34-51(40-120(62)9)100-80(134)61-33-48(37-119(61)8)97-74(128)55(89)16-20-95-84(138)71-105-66(46-123(71)12)109-83(137)64-36-53(42-122(64)11)101-85(139)69-91-23-27-114(69)3/h23-24,27-28,30-47,55-56H,15-22,25-26,29,89H2,1-14H3,(H,90,127)(H,93,131)(H,94,132)(H,95,138)(H,96,133)(H,97,128)(H,98,136)(H,99,135)(H,100,134)(H,101,139)(H,102,142)(H,103,141)(H,104,130)(H,108,129)(H,109,137)(H,110,140)/t55-,56-/m1/s1. The molecule has 744 valence electrons. The highest BCUT2D eigenvalue weighted by atomic mass is 16.2. The maximum absolute atomic E-state index is 14.5. The third kappa shape index (κ3) is 25.1. The molecule has 18 N–H and O–H groups in total. The summed E-state index contributed by atoms with van der Waals surface area (Å²) < 4.78 is 18.7. The van der Waals surface area contributed by atoms with Gasteiger partial charge in [0.2, 0.25) is 35.2 Å². The monoisotopic (exact) mass is 1950 g/mol. The second kappa shape index (κ2) is 44.2. The molecule has 0 radical (unpaired) electrons. The maximum Gasteiger partial charge on any atom is 0.292 e. The highest BCUT2D eigenvalue weighted by Gasteiger charge is 2.31. The first-order valence-electron chi connectivity index (χ1n) is 43.9. The molecule has 0 bridgehead atoms. The Morgan fingerprint density at radius 1 is 0.324 bits per heavy atom.